The molecule has 0 spiro atoms. The molecule has 2 amide bonds. The van der Waals surface area contributed by atoms with Crippen LogP contribution in [-0.4, -0.2) is 43.0 Å². The van der Waals surface area contributed by atoms with Crippen LogP contribution >= 0.6 is 0 Å². The van der Waals surface area contributed by atoms with Crippen molar-refractivity contribution in [3.63, 3.8) is 0 Å². The van der Waals surface area contributed by atoms with Gasteiger partial charge in [-0.15, -0.1) is 0 Å². The maximum absolute atomic E-state index is 12.9. The van der Waals surface area contributed by atoms with Gasteiger partial charge in [0.15, 0.2) is 0 Å². The highest BCUT2D eigenvalue weighted by molar-refractivity contribution is 6.07. The maximum Gasteiger partial charge on any atom is 0.255 e. The van der Waals surface area contributed by atoms with Crippen molar-refractivity contribution >= 4 is 23.2 Å². The minimum atomic E-state index is -0.233. The van der Waals surface area contributed by atoms with E-state index >= 15 is 0 Å². The summed E-state index contributed by atoms with van der Waals surface area (Å²) in [7, 11) is 0. The quantitative estimate of drug-likeness (QED) is 0.339. The molecule has 35 heavy (non-hydrogen) atoms. The van der Waals surface area contributed by atoms with Crippen LogP contribution in [0.5, 0.6) is 5.75 Å². The van der Waals surface area contributed by atoms with E-state index in [1.54, 1.807) is 30.3 Å². The van der Waals surface area contributed by atoms with Crippen molar-refractivity contribution in [3.8, 4) is 5.75 Å². The van der Waals surface area contributed by atoms with E-state index in [0.29, 0.717) is 34.9 Å². The van der Waals surface area contributed by atoms with Crippen LogP contribution in [0, 0.1) is 13.8 Å². The highest BCUT2D eigenvalue weighted by Crippen LogP contribution is 2.29. The number of aryl methyl sites for hydroxylation is 2. The molecule has 0 aliphatic heterocycles. The number of nitrogens with zero attached hydrogens (tertiary/aromatic N) is 1. The summed E-state index contributed by atoms with van der Waals surface area (Å²) in [4.78, 5) is 28.0. The zero-order valence-electron chi connectivity index (χ0n) is 21.1. The van der Waals surface area contributed by atoms with Crippen molar-refractivity contribution in [2.24, 2.45) is 0 Å². The van der Waals surface area contributed by atoms with E-state index in [1.807, 2.05) is 50.2 Å². The van der Waals surface area contributed by atoms with Gasteiger partial charge in [0, 0.05) is 23.4 Å². The summed E-state index contributed by atoms with van der Waals surface area (Å²) < 4.78 is 6.04. The van der Waals surface area contributed by atoms with E-state index in [9.17, 15) is 9.59 Å². The lowest BCUT2D eigenvalue weighted by Crippen LogP contribution is -2.25. The number of anilines is 2. The van der Waals surface area contributed by atoms with Crippen molar-refractivity contribution in [1.29, 1.82) is 0 Å². The lowest BCUT2D eigenvalue weighted by Gasteiger charge is -2.19. The van der Waals surface area contributed by atoms with E-state index in [-0.39, 0.29) is 11.8 Å². The maximum atomic E-state index is 12.9. The molecule has 3 aromatic rings. The molecule has 3 rings (SSSR count). The Morgan fingerprint density at radius 3 is 1.97 bits per heavy atom. The average Bonchev–Trinajstić information content (AvgIpc) is 2.85. The number of rotatable bonds is 11. The fourth-order valence-corrected chi connectivity index (χ4v) is 3.81. The molecule has 3 aromatic carbocycles. The largest absolute Gasteiger partial charge is 0.491 e. The molecule has 0 atom stereocenters. The molecular weight excluding hydrogens is 438 g/mol. The zero-order valence-corrected chi connectivity index (χ0v) is 21.1. The van der Waals surface area contributed by atoms with Crippen LogP contribution in [0.25, 0.3) is 0 Å². The van der Waals surface area contributed by atoms with Crippen molar-refractivity contribution in [2.45, 2.75) is 34.1 Å². The molecule has 0 fully saturated rings. The molecule has 0 aromatic heterocycles. The molecule has 0 heterocycles. The Balaban J connectivity index is 1.78. The van der Waals surface area contributed by atoms with Crippen LogP contribution in [0.3, 0.4) is 0 Å². The Hall–Kier alpha value is -3.64. The summed E-state index contributed by atoms with van der Waals surface area (Å²) >= 11 is 0. The second kappa shape index (κ2) is 12.7. The van der Waals surface area contributed by atoms with Crippen LogP contribution in [-0.2, 0) is 0 Å². The normalized spacial score (nSPS) is 10.8. The van der Waals surface area contributed by atoms with Gasteiger partial charge >= 0.3 is 0 Å². The topological polar surface area (TPSA) is 70.7 Å². The van der Waals surface area contributed by atoms with Gasteiger partial charge in [-0.1, -0.05) is 49.2 Å². The summed E-state index contributed by atoms with van der Waals surface area (Å²) in [6.45, 7) is 11.7. The van der Waals surface area contributed by atoms with E-state index < -0.39 is 0 Å². The number of hydrogen-bond acceptors (Lipinski definition) is 4. The Morgan fingerprint density at radius 2 is 1.40 bits per heavy atom. The van der Waals surface area contributed by atoms with E-state index in [0.717, 1.165) is 37.2 Å². The number of carbonyl (C=O) groups is 2. The van der Waals surface area contributed by atoms with Gasteiger partial charge in [-0.25, -0.2) is 0 Å². The van der Waals surface area contributed by atoms with Gasteiger partial charge in [0.05, 0.1) is 12.3 Å². The molecule has 2 N–H and O–H groups in total. The number of nitrogens with one attached hydrogen (secondary N) is 2. The Bertz CT molecular complexity index is 1160. The van der Waals surface area contributed by atoms with Gasteiger partial charge in [-0.2, -0.15) is 0 Å². The SMILES string of the molecule is CCN(CC)CCCOc1ccc(NC(=O)c2cccc(C)c2)cc1NC(=O)c1cccc(C)c1. The summed E-state index contributed by atoms with van der Waals surface area (Å²) in [6.07, 6.45) is 0.874. The first-order chi connectivity index (χ1) is 16.9. The third-order valence-electron chi connectivity index (χ3n) is 5.82. The molecule has 0 unspecified atom stereocenters. The fourth-order valence-electron chi connectivity index (χ4n) is 3.81. The first-order valence-corrected chi connectivity index (χ1v) is 12.1. The molecule has 184 valence electrons. The molecule has 0 saturated carbocycles. The van der Waals surface area contributed by atoms with Crippen LogP contribution in [0.2, 0.25) is 0 Å². The first kappa shape index (κ1) is 26.0. The summed E-state index contributed by atoms with van der Waals surface area (Å²) in [5, 5.41) is 5.88. The summed E-state index contributed by atoms with van der Waals surface area (Å²) in [5.74, 6) is 0.125. The predicted molar refractivity (Wildman–Crippen MR) is 143 cm³/mol. The van der Waals surface area contributed by atoms with Crippen molar-refractivity contribution in [2.75, 3.05) is 36.9 Å². The van der Waals surface area contributed by atoms with Crippen molar-refractivity contribution < 1.29 is 14.3 Å². The minimum Gasteiger partial charge on any atom is -0.491 e. The number of benzene rings is 3. The smallest absolute Gasteiger partial charge is 0.255 e. The zero-order chi connectivity index (χ0) is 25.2. The van der Waals surface area contributed by atoms with Crippen LogP contribution in [0.4, 0.5) is 11.4 Å². The lowest BCUT2D eigenvalue weighted by molar-refractivity contribution is 0.101. The highest BCUT2D eigenvalue weighted by Gasteiger charge is 2.14. The molecule has 6 nitrogen and oxygen atoms in total. The second-order valence-corrected chi connectivity index (χ2v) is 8.59. The number of hydrogen-bond donors (Lipinski definition) is 2. The van der Waals surface area contributed by atoms with E-state index in [1.165, 1.54) is 0 Å². The molecule has 6 heteroatoms. The lowest BCUT2D eigenvalue weighted by atomic mass is 10.1. The third-order valence-corrected chi connectivity index (χ3v) is 5.82. The Kier molecular flexibility index (Phi) is 9.44. The summed E-state index contributed by atoms with van der Waals surface area (Å²) in [5.41, 5.74) is 4.24. The average molecular weight is 474 g/mol. The molecular formula is C29H35N3O3. The van der Waals surface area contributed by atoms with Crippen LogP contribution in [0.1, 0.15) is 52.1 Å². The van der Waals surface area contributed by atoms with Crippen LogP contribution in [0.15, 0.2) is 66.7 Å². The van der Waals surface area contributed by atoms with Gasteiger partial charge < -0.3 is 20.3 Å². The third kappa shape index (κ3) is 7.69. The first-order valence-electron chi connectivity index (χ1n) is 12.1. The second-order valence-electron chi connectivity index (χ2n) is 8.59. The number of ether oxygens (including phenoxy) is 1. The number of carbonyl (C=O) groups excluding carboxylic acids is 2. The van der Waals surface area contributed by atoms with E-state index in [4.69, 9.17) is 4.74 Å². The standard InChI is InChI=1S/C29H35N3O3/c1-5-32(6-2)16-9-17-35-27-15-14-25(30-28(33)23-12-7-10-21(3)18-23)20-26(27)31-29(34)24-13-8-11-22(4)19-24/h7-8,10-15,18-20H,5-6,9,16-17H2,1-4H3,(H,30,33)(H,31,34). The van der Waals surface area contributed by atoms with Gasteiger partial charge in [0.1, 0.15) is 5.75 Å². The Labute approximate surface area is 208 Å². The summed E-state index contributed by atoms with van der Waals surface area (Å²) in [6, 6.07) is 20.1. The monoisotopic (exact) mass is 473 g/mol. The molecule has 0 radical (unpaired) electrons. The molecule has 0 aliphatic rings. The van der Waals surface area contributed by atoms with Crippen molar-refractivity contribution in [3.05, 3.63) is 89.0 Å². The van der Waals surface area contributed by atoms with Gasteiger partial charge in [-0.05, 0) is 75.8 Å². The predicted octanol–water partition coefficient (Wildman–Crippen LogP) is 5.92. The van der Waals surface area contributed by atoms with E-state index in [2.05, 4.69) is 29.4 Å². The van der Waals surface area contributed by atoms with Gasteiger partial charge in [-0.3, -0.25) is 9.59 Å². The van der Waals surface area contributed by atoms with Crippen molar-refractivity contribution in [1.82, 2.24) is 4.90 Å². The van der Waals surface area contributed by atoms with Gasteiger partial charge in [0.2, 0.25) is 0 Å². The highest BCUT2D eigenvalue weighted by atomic mass is 16.5. The van der Waals surface area contributed by atoms with Gasteiger partial charge in [0.25, 0.3) is 11.8 Å². The molecule has 0 aliphatic carbocycles. The van der Waals surface area contributed by atoms with Crippen LogP contribution < -0.4 is 15.4 Å². The Morgan fingerprint density at radius 1 is 0.800 bits per heavy atom. The minimum absolute atomic E-state index is 0.211. The number of amides is 2. The molecule has 0 bridgehead atoms. The molecule has 0 saturated heterocycles. The fraction of sp³-hybridized carbons (Fsp3) is 0.310.